The van der Waals surface area contributed by atoms with Gasteiger partial charge in [0.05, 0.1) is 12.5 Å². The van der Waals surface area contributed by atoms with Gasteiger partial charge >= 0.3 is 11.3 Å². The molecule has 1 aliphatic rings. The third kappa shape index (κ3) is 4.80. The lowest BCUT2D eigenvalue weighted by molar-refractivity contribution is 0.209. The molecule has 6 heteroatoms. The van der Waals surface area contributed by atoms with Gasteiger partial charge in [-0.15, -0.1) is 0 Å². The van der Waals surface area contributed by atoms with E-state index in [1.807, 2.05) is 0 Å². The number of benzene rings is 1. The van der Waals surface area contributed by atoms with E-state index >= 15 is 0 Å². The van der Waals surface area contributed by atoms with Crippen molar-refractivity contribution in [2.24, 2.45) is 0 Å². The van der Waals surface area contributed by atoms with Crippen LogP contribution in [0.2, 0.25) is 0 Å². The zero-order valence-electron chi connectivity index (χ0n) is 20.0. The van der Waals surface area contributed by atoms with Crippen molar-refractivity contribution in [3.8, 4) is 11.5 Å². The van der Waals surface area contributed by atoms with Crippen molar-refractivity contribution in [3.63, 3.8) is 0 Å². The predicted octanol–water partition coefficient (Wildman–Crippen LogP) is 6.30. The van der Waals surface area contributed by atoms with E-state index in [-0.39, 0.29) is 17.3 Å². The Balaban J connectivity index is 1.75. The fourth-order valence-corrected chi connectivity index (χ4v) is 4.79. The normalized spacial score (nSPS) is 15.2. The number of unbranched alkanes of at least 4 members (excludes halogenated alkanes) is 6. The van der Waals surface area contributed by atoms with Crippen LogP contribution in [0.3, 0.4) is 0 Å². The Morgan fingerprint density at radius 1 is 0.939 bits per heavy atom. The first-order valence-electron chi connectivity index (χ1n) is 12.4. The number of hydrogen-bond acceptors (Lipinski definition) is 6. The summed E-state index contributed by atoms with van der Waals surface area (Å²) in [5, 5.41) is 0.956. The van der Waals surface area contributed by atoms with Gasteiger partial charge in [-0.2, -0.15) is 0 Å². The highest BCUT2D eigenvalue weighted by atomic mass is 16.5. The molecule has 0 saturated heterocycles. The standard InChI is InChI=1S/C27H34O6/c1-4-6-8-9-11-12-17-14-20-25(33-26(17)28)23-19-15-18(13-10-7-5-2)31-24(19)22(30-3)16-21(23)32-27(20)29/h14,16,18H,4-13,15H2,1-3H3. The summed E-state index contributed by atoms with van der Waals surface area (Å²) in [6, 6.07) is 3.32. The SMILES string of the molecule is CCCCCCCc1cc2c(=O)oc3cc(OC)c4c(c3c2oc1=O)CC(CCCCC)O4. The molecule has 0 radical (unpaired) electrons. The van der Waals surface area contributed by atoms with Gasteiger partial charge in [-0.05, 0) is 31.7 Å². The van der Waals surface area contributed by atoms with E-state index in [1.165, 1.54) is 12.8 Å². The predicted molar refractivity (Wildman–Crippen MR) is 130 cm³/mol. The van der Waals surface area contributed by atoms with Gasteiger partial charge in [0.1, 0.15) is 17.1 Å². The van der Waals surface area contributed by atoms with E-state index in [2.05, 4.69) is 13.8 Å². The lowest BCUT2D eigenvalue weighted by Crippen LogP contribution is -2.12. The topological polar surface area (TPSA) is 78.9 Å². The van der Waals surface area contributed by atoms with Crippen LogP contribution < -0.4 is 20.7 Å². The maximum absolute atomic E-state index is 12.8. The number of fused-ring (bicyclic) bond motifs is 5. The highest BCUT2D eigenvalue weighted by Crippen LogP contribution is 2.45. The van der Waals surface area contributed by atoms with Gasteiger partial charge in [0.15, 0.2) is 17.1 Å². The average molecular weight is 455 g/mol. The van der Waals surface area contributed by atoms with Crippen LogP contribution >= 0.6 is 0 Å². The van der Waals surface area contributed by atoms with Crippen LogP contribution in [-0.4, -0.2) is 13.2 Å². The number of ether oxygens (including phenoxy) is 2. The molecule has 0 spiro atoms. The third-order valence-corrected chi connectivity index (χ3v) is 6.59. The first kappa shape index (κ1) is 23.4. The first-order valence-corrected chi connectivity index (χ1v) is 12.4. The van der Waals surface area contributed by atoms with Gasteiger partial charge in [-0.1, -0.05) is 52.4 Å². The zero-order valence-corrected chi connectivity index (χ0v) is 20.0. The molecule has 6 nitrogen and oxygen atoms in total. The van der Waals surface area contributed by atoms with E-state index in [0.29, 0.717) is 46.3 Å². The molecule has 3 aromatic rings. The van der Waals surface area contributed by atoms with Crippen molar-refractivity contribution < 1.29 is 18.3 Å². The summed E-state index contributed by atoms with van der Waals surface area (Å²) in [6.45, 7) is 4.35. The second kappa shape index (κ2) is 10.4. The van der Waals surface area contributed by atoms with Crippen LogP contribution in [-0.2, 0) is 12.8 Å². The molecule has 3 heterocycles. The van der Waals surface area contributed by atoms with Crippen LogP contribution in [0.4, 0.5) is 0 Å². The molecule has 0 fully saturated rings. The zero-order chi connectivity index (χ0) is 23.4. The number of rotatable bonds is 11. The summed E-state index contributed by atoms with van der Waals surface area (Å²) in [4.78, 5) is 25.6. The lowest BCUT2D eigenvalue weighted by Gasteiger charge is -2.12. The molecule has 33 heavy (non-hydrogen) atoms. The summed E-state index contributed by atoms with van der Waals surface area (Å²) in [5.41, 5.74) is 1.18. The minimum absolute atomic E-state index is 0.0298. The maximum Gasteiger partial charge on any atom is 0.347 e. The average Bonchev–Trinajstić information content (AvgIpc) is 3.23. The summed E-state index contributed by atoms with van der Waals surface area (Å²) < 4.78 is 23.2. The fourth-order valence-electron chi connectivity index (χ4n) is 4.79. The molecule has 178 valence electrons. The van der Waals surface area contributed by atoms with E-state index in [1.54, 1.807) is 19.2 Å². The smallest absolute Gasteiger partial charge is 0.347 e. The largest absolute Gasteiger partial charge is 0.493 e. The lowest BCUT2D eigenvalue weighted by atomic mass is 9.99. The maximum atomic E-state index is 12.8. The van der Waals surface area contributed by atoms with Crippen LogP contribution in [0.25, 0.3) is 21.9 Å². The summed E-state index contributed by atoms with van der Waals surface area (Å²) in [6.07, 6.45) is 11.1. The molecule has 0 N–H and O–H groups in total. The van der Waals surface area contributed by atoms with Crippen molar-refractivity contribution in [2.75, 3.05) is 7.11 Å². The summed E-state index contributed by atoms with van der Waals surface area (Å²) >= 11 is 0. The van der Waals surface area contributed by atoms with Gasteiger partial charge < -0.3 is 18.3 Å². The summed E-state index contributed by atoms with van der Waals surface area (Å²) in [5.74, 6) is 1.19. The molecule has 0 amide bonds. The van der Waals surface area contributed by atoms with Crippen LogP contribution in [0.1, 0.15) is 82.8 Å². The van der Waals surface area contributed by atoms with Crippen molar-refractivity contribution in [3.05, 3.63) is 44.1 Å². The Morgan fingerprint density at radius 2 is 1.70 bits per heavy atom. The number of methoxy groups -OCH3 is 1. The molecular weight excluding hydrogens is 420 g/mol. The molecular formula is C27H34O6. The third-order valence-electron chi connectivity index (χ3n) is 6.59. The number of aryl methyl sites for hydroxylation is 1. The molecule has 1 aromatic carbocycles. The van der Waals surface area contributed by atoms with Crippen LogP contribution in [0.15, 0.2) is 30.6 Å². The highest BCUT2D eigenvalue weighted by molar-refractivity contribution is 6.04. The van der Waals surface area contributed by atoms with Gasteiger partial charge in [-0.25, -0.2) is 9.59 Å². The van der Waals surface area contributed by atoms with Crippen LogP contribution in [0, 0.1) is 0 Å². The Labute approximate surface area is 193 Å². The van der Waals surface area contributed by atoms with E-state index in [4.69, 9.17) is 18.3 Å². The monoisotopic (exact) mass is 454 g/mol. The molecule has 4 rings (SSSR count). The van der Waals surface area contributed by atoms with E-state index in [0.717, 1.165) is 50.5 Å². The van der Waals surface area contributed by atoms with Gasteiger partial charge in [0.2, 0.25) is 0 Å². The van der Waals surface area contributed by atoms with Crippen molar-refractivity contribution >= 4 is 21.9 Å². The molecule has 1 unspecified atom stereocenters. The minimum atomic E-state index is -0.506. The Hall–Kier alpha value is -2.76. The Kier molecular flexibility index (Phi) is 7.41. The first-order chi connectivity index (χ1) is 16.1. The fraction of sp³-hybridized carbons (Fsp3) is 0.556. The van der Waals surface area contributed by atoms with Crippen molar-refractivity contribution in [2.45, 2.75) is 90.6 Å². The molecule has 1 atom stereocenters. The Bertz CT molecular complexity index is 1240. The second-order valence-electron chi connectivity index (χ2n) is 9.06. The van der Waals surface area contributed by atoms with E-state index in [9.17, 15) is 9.59 Å². The Morgan fingerprint density at radius 3 is 2.45 bits per heavy atom. The van der Waals surface area contributed by atoms with Gasteiger partial charge in [0.25, 0.3) is 0 Å². The van der Waals surface area contributed by atoms with Gasteiger partial charge in [0, 0.05) is 23.6 Å². The molecule has 0 saturated carbocycles. The molecule has 0 bridgehead atoms. The van der Waals surface area contributed by atoms with Crippen LogP contribution in [0.5, 0.6) is 11.5 Å². The van der Waals surface area contributed by atoms with E-state index < -0.39 is 5.63 Å². The number of hydrogen-bond donors (Lipinski definition) is 0. The molecule has 0 aliphatic carbocycles. The van der Waals surface area contributed by atoms with Crippen molar-refractivity contribution in [1.82, 2.24) is 0 Å². The minimum Gasteiger partial charge on any atom is -0.493 e. The quantitative estimate of drug-likeness (QED) is 0.192. The second-order valence-corrected chi connectivity index (χ2v) is 9.06. The van der Waals surface area contributed by atoms with Crippen molar-refractivity contribution in [1.29, 1.82) is 0 Å². The summed E-state index contributed by atoms with van der Waals surface area (Å²) in [7, 11) is 1.57. The van der Waals surface area contributed by atoms with Gasteiger partial charge in [-0.3, -0.25) is 0 Å². The molecule has 2 aromatic heterocycles. The highest BCUT2D eigenvalue weighted by Gasteiger charge is 2.31. The molecule has 1 aliphatic heterocycles.